The molecule has 2 heterocycles. The first kappa shape index (κ1) is 20.2. The van der Waals surface area contributed by atoms with Crippen LogP contribution >= 0.6 is 0 Å². The quantitative estimate of drug-likeness (QED) is 0.781. The second-order valence-electron chi connectivity index (χ2n) is 8.54. The summed E-state index contributed by atoms with van der Waals surface area (Å²) in [5, 5.41) is 3.12. The third kappa shape index (κ3) is 6.51. The predicted molar refractivity (Wildman–Crippen MR) is 111 cm³/mol. The van der Waals surface area contributed by atoms with Gasteiger partial charge in [0.05, 0.1) is 0 Å². The molecule has 150 valence electrons. The Morgan fingerprint density at radius 3 is 2.30 bits per heavy atom. The van der Waals surface area contributed by atoms with E-state index in [-0.39, 0.29) is 6.03 Å². The number of amides is 2. The van der Waals surface area contributed by atoms with Crippen LogP contribution in [0.15, 0.2) is 30.3 Å². The van der Waals surface area contributed by atoms with Crippen molar-refractivity contribution >= 4 is 6.03 Å². The number of rotatable bonds is 6. The lowest BCUT2D eigenvalue weighted by Crippen LogP contribution is -2.48. The largest absolute Gasteiger partial charge is 0.338 e. The fourth-order valence-electron chi connectivity index (χ4n) is 4.45. The van der Waals surface area contributed by atoms with Gasteiger partial charge < -0.3 is 15.1 Å². The molecule has 0 radical (unpaired) electrons. The Balaban J connectivity index is 1.27. The average molecular weight is 373 g/mol. The summed E-state index contributed by atoms with van der Waals surface area (Å²) < 4.78 is 0. The molecule has 27 heavy (non-hydrogen) atoms. The number of piperidine rings is 1. The second-order valence-corrected chi connectivity index (χ2v) is 8.54. The number of hydrogen-bond acceptors (Lipinski definition) is 3. The molecule has 1 N–H and O–H groups in total. The summed E-state index contributed by atoms with van der Waals surface area (Å²) in [7, 11) is 0. The number of likely N-dealkylation sites (tertiary alicyclic amines) is 1. The minimum Gasteiger partial charge on any atom is -0.338 e. The third-order valence-electron chi connectivity index (χ3n) is 5.80. The smallest absolute Gasteiger partial charge is 0.317 e. The lowest BCUT2D eigenvalue weighted by Gasteiger charge is -2.35. The van der Waals surface area contributed by atoms with Crippen LogP contribution in [0.2, 0.25) is 0 Å². The summed E-state index contributed by atoms with van der Waals surface area (Å²) in [4.78, 5) is 19.4. The molecule has 0 aliphatic carbocycles. The molecule has 5 nitrogen and oxygen atoms in total. The van der Waals surface area contributed by atoms with Crippen molar-refractivity contribution in [1.82, 2.24) is 20.0 Å². The van der Waals surface area contributed by atoms with Gasteiger partial charge in [-0.1, -0.05) is 44.2 Å². The fourth-order valence-corrected chi connectivity index (χ4v) is 4.45. The summed E-state index contributed by atoms with van der Waals surface area (Å²) in [6, 6.07) is 10.8. The molecule has 2 aliphatic heterocycles. The highest BCUT2D eigenvalue weighted by atomic mass is 16.2. The van der Waals surface area contributed by atoms with Crippen molar-refractivity contribution in [2.45, 2.75) is 33.2 Å². The number of carbonyl (C=O) groups is 1. The van der Waals surface area contributed by atoms with Gasteiger partial charge in [0.2, 0.25) is 0 Å². The van der Waals surface area contributed by atoms with E-state index in [1.165, 1.54) is 12.0 Å². The molecule has 0 aromatic heterocycles. The van der Waals surface area contributed by atoms with Gasteiger partial charge in [0, 0.05) is 52.4 Å². The van der Waals surface area contributed by atoms with Crippen LogP contribution in [0.5, 0.6) is 0 Å². The number of nitrogens with zero attached hydrogens (tertiary/aromatic N) is 3. The summed E-state index contributed by atoms with van der Waals surface area (Å²) in [6.07, 6.45) is 2.27. The Kier molecular flexibility index (Phi) is 7.53. The standard InChI is InChI=1S/C22H36N4O/c1-19-15-20(2)17-26(16-19)22(27)23-9-6-10-24-11-13-25(14-12-24)18-21-7-4-3-5-8-21/h3-5,7-8,19-20H,6,9-18H2,1-2H3,(H,23,27). The molecule has 2 fully saturated rings. The van der Waals surface area contributed by atoms with Crippen LogP contribution in [0.1, 0.15) is 32.3 Å². The van der Waals surface area contributed by atoms with E-state index in [9.17, 15) is 4.79 Å². The molecule has 2 saturated heterocycles. The van der Waals surface area contributed by atoms with Crippen molar-refractivity contribution < 1.29 is 4.79 Å². The number of nitrogens with one attached hydrogen (secondary N) is 1. The summed E-state index contributed by atoms with van der Waals surface area (Å²) in [5.74, 6) is 1.23. The van der Waals surface area contributed by atoms with E-state index in [4.69, 9.17) is 0 Å². The van der Waals surface area contributed by atoms with Crippen molar-refractivity contribution in [3.8, 4) is 0 Å². The maximum absolute atomic E-state index is 12.4. The second kappa shape index (κ2) is 10.1. The van der Waals surface area contributed by atoms with Gasteiger partial charge in [0.25, 0.3) is 0 Å². The SMILES string of the molecule is CC1CC(C)CN(C(=O)NCCCN2CCN(Cc3ccccc3)CC2)C1. The minimum absolute atomic E-state index is 0.126. The molecular formula is C22H36N4O. The highest BCUT2D eigenvalue weighted by Crippen LogP contribution is 2.20. The van der Waals surface area contributed by atoms with Gasteiger partial charge in [-0.25, -0.2) is 4.79 Å². The molecule has 5 heteroatoms. The van der Waals surface area contributed by atoms with Crippen molar-refractivity contribution in [3.63, 3.8) is 0 Å². The summed E-state index contributed by atoms with van der Waals surface area (Å²) >= 11 is 0. The first-order valence-electron chi connectivity index (χ1n) is 10.6. The van der Waals surface area contributed by atoms with Crippen molar-refractivity contribution in [2.75, 3.05) is 52.4 Å². The van der Waals surface area contributed by atoms with Crippen LogP contribution in [0.4, 0.5) is 4.79 Å². The van der Waals surface area contributed by atoms with Crippen LogP contribution in [0.25, 0.3) is 0 Å². The van der Waals surface area contributed by atoms with Gasteiger partial charge in [0.15, 0.2) is 0 Å². The molecule has 2 atom stereocenters. The van der Waals surface area contributed by atoms with Crippen LogP contribution in [-0.4, -0.2) is 73.1 Å². The van der Waals surface area contributed by atoms with E-state index in [2.05, 4.69) is 59.3 Å². The van der Waals surface area contributed by atoms with Gasteiger partial charge in [0.1, 0.15) is 0 Å². The zero-order valence-corrected chi connectivity index (χ0v) is 17.1. The number of urea groups is 1. The van der Waals surface area contributed by atoms with E-state index in [0.717, 1.165) is 65.3 Å². The van der Waals surface area contributed by atoms with Gasteiger partial charge in [-0.2, -0.15) is 0 Å². The number of carbonyl (C=O) groups excluding carboxylic acids is 1. The topological polar surface area (TPSA) is 38.8 Å². The van der Waals surface area contributed by atoms with E-state index < -0.39 is 0 Å². The number of piperazine rings is 1. The zero-order valence-electron chi connectivity index (χ0n) is 17.1. The third-order valence-corrected chi connectivity index (χ3v) is 5.80. The van der Waals surface area contributed by atoms with Gasteiger partial charge in [-0.15, -0.1) is 0 Å². The van der Waals surface area contributed by atoms with Crippen molar-refractivity contribution in [3.05, 3.63) is 35.9 Å². The molecule has 1 aromatic rings. The molecule has 2 amide bonds. The van der Waals surface area contributed by atoms with Gasteiger partial charge in [-0.3, -0.25) is 4.90 Å². The molecule has 0 saturated carbocycles. The molecule has 0 bridgehead atoms. The lowest BCUT2D eigenvalue weighted by atomic mass is 9.92. The van der Waals surface area contributed by atoms with E-state index in [1.54, 1.807) is 0 Å². The molecule has 3 rings (SSSR count). The Morgan fingerprint density at radius 2 is 1.63 bits per heavy atom. The van der Waals surface area contributed by atoms with Crippen LogP contribution in [-0.2, 0) is 6.54 Å². The first-order chi connectivity index (χ1) is 13.1. The van der Waals surface area contributed by atoms with E-state index in [1.807, 2.05) is 4.90 Å². The highest BCUT2D eigenvalue weighted by Gasteiger charge is 2.25. The predicted octanol–water partition coefficient (Wildman–Crippen LogP) is 2.88. The first-order valence-corrected chi connectivity index (χ1v) is 10.6. The maximum atomic E-state index is 12.4. The Bertz CT molecular complexity index is 561. The number of benzene rings is 1. The highest BCUT2D eigenvalue weighted by molar-refractivity contribution is 5.74. The maximum Gasteiger partial charge on any atom is 0.317 e. The Hall–Kier alpha value is -1.59. The van der Waals surface area contributed by atoms with Crippen molar-refractivity contribution in [2.24, 2.45) is 11.8 Å². The van der Waals surface area contributed by atoms with Gasteiger partial charge >= 0.3 is 6.03 Å². The van der Waals surface area contributed by atoms with Crippen LogP contribution < -0.4 is 5.32 Å². The minimum atomic E-state index is 0.126. The van der Waals surface area contributed by atoms with E-state index >= 15 is 0 Å². The Labute approximate surface area is 164 Å². The average Bonchev–Trinajstić information content (AvgIpc) is 2.66. The van der Waals surface area contributed by atoms with Crippen LogP contribution in [0, 0.1) is 11.8 Å². The normalized spacial score (nSPS) is 24.7. The Morgan fingerprint density at radius 1 is 1.00 bits per heavy atom. The molecule has 1 aromatic carbocycles. The zero-order chi connectivity index (χ0) is 19.1. The van der Waals surface area contributed by atoms with E-state index in [0.29, 0.717) is 11.8 Å². The summed E-state index contributed by atoms with van der Waals surface area (Å²) in [5.41, 5.74) is 1.40. The van der Waals surface area contributed by atoms with Crippen LogP contribution in [0.3, 0.4) is 0 Å². The van der Waals surface area contributed by atoms with Crippen molar-refractivity contribution in [1.29, 1.82) is 0 Å². The number of hydrogen-bond donors (Lipinski definition) is 1. The molecular weight excluding hydrogens is 336 g/mol. The monoisotopic (exact) mass is 372 g/mol. The summed E-state index contributed by atoms with van der Waals surface area (Å²) in [6.45, 7) is 13.7. The molecule has 2 aliphatic rings. The fraction of sp³-hybridized carbons (Fsp3) is 0.682. The van der Waals surface area contributed by atoms with Gasteiger partial charge in [-0.05, 0) is 36.8 Å². The molecule has 2 unspecified atom stereocenters. The lowest BCUT2D eigenvalue weighted by molar-refractivity contribution is 0.125. The molecule has 0 spiro atoms.